The summed E-state index contributed by atoms with van der Waals surface area (Å²) in [4.78, 5) is 13.2. The molecule has 1 aliphatic rings. The number of benzene rings is 2. The first-order valence-corrected chi connectivity index (χ1v) is 10.9. The number of carbonyl (C=O) groups excluding carboxylic acids is 1. The van der Waals surface area contributed by atoms with Gasteiger partial charge in [0.1, 0.15) is 0 Å². The topological polar surface area (TPSA) is 60.4 Å². The molecule has 1 heterocycles. The van der Waals surface area contributed by atoms with Crippen molar-refractivity contribution in [1.82, 2.24) is 0 Å². The van der Waals surface area contributed by atoms with Crippen molar-refractivity contribution in [2.75, 3.05) is 6.26 Å². The third kappa shape index (κ3) is 3.54. The van der Waals surface area contributed by atoms with Gasteiger partial charge >= 0.3 is 0 Å². The van der Waals surface area contributed by atoms with Crippen molar-refractivity contribution >= 4 is 27.5 Å². The zero-order valence-corrected chi connectivity index (χ0v) is 17.3. The van der Waals surface area contributed by atoms with Crippen molar-refractivity contribution in [3.63, 3.8) is 0 Å². The Morgan fingerprint density at radius 3 is 1.96 bits per heavy atom. The Hall–Kier alpha value is -2.66. The fraction of sp³-hybridized carbons (Fsp3) is 0.261. The second kappa shape index (κ2) is 7.06. The number of rotatable bonds is 4. The van der Waals surface area contributed by atoms with Crippen LogP contribution in [0.4, 0.5) is 0 Å². The minimum absolute atomic E-state index is 0.112. The molecule has 2 aromatic carbocycles. The van der Waals surface area contributed by atoms with E-state index in [0.717, 1.165) is 11.8 Å². The minimum Gasteiger partial charge on any atom is -0.472 e. The Morgan fingerprint density at radius 1 is 0.929 bits per heavy atom. The summed E-state index contributed by atoms with van der Waals surface area (Å²) in [5.41, 5.74) is -0.638. The molecule has 1 unspecified atom stereocenters. The first-order chi connectivity index (χ1) is 13.1. The maximum Gasteiger partial charge on any atom is 0.226 e. The molecule has 0 fully saturated rings. The maximum atomic E-state index is 13.5. The van der Waals surface area contributed by atoms with Gasteiger partial charge in [0.05, 0.1) is 0 Å². The Labute approximate surface area is 166 Å². The predicted octanol–water partition coefficient (Wildman–Crippen LogP) is 4.50. The van der Waals surface area contributed by atoms with Gasteiger partial charge in [-0.3, -0.25) is 4.79 Å². The molecule has 4 nitrogen and oxygen atoms in total. The third-order valence-corrected chi connectivity index (χ3v) is 5.96. The first kappa shape index (κ1) is 20.1. The quantitative estimate of drug-likeness (QED) is 0.764. The molecule has 0 aliphatic carbocycles. The molecule has 2 aromatic rings. The van der Waals surface area contributed by atoms with E-state index >= 15 is 0 Å². The van der Waals surface area contributed by atoms with Gasteiger partial charge in [-0.05, 0) is 11.6 Å². The molecule has 146 valence electrons. The molecule has 5 heteroatoms. The molecule has 1 aliphatic heterocycles. The van der Waals surface area contributed by atoms with Gasteiger partial charge in [-0.15, -0.1) is 0 Å². The lowest BCUT2D eigenvalue weighted by molar-refractivity contribution is -0.132. The SMILES string of the molecule is CC(C)(C)C1(/C=C/c2ccccc2)OC(c2ccccc2)=C(S(C)(=O)=O)C1=O. The Balaban J connectivity index is 2.19. The van der Waals surface area contributed by atoms with E-state index in [9.17, 15) is 13.2 Å². The number of hydrogen-bond acceptors (Lipinski definition) is 4. The number of Topliss-reactive ketones (excluding diaryl/α,β-unsaturated/α-hetero) is 1. The zero-order chi connectivity index (χ0) is 20.6. The van der Waals surface area contributed by atoms with Crippen LogP contribution in [0.25, 0.3) is 11.8 Å². The van der Waals surface area contributed by atoms with E-state index in [1.54, 1.807) is 36.4 Å². The summed E-state index contributed by atoms with van der Waals surface area (Å²) in [5.74, 6) is -0.422. The summed E-state index contributed by atoms with van der Waals surface area (Å²) in [6.45, 7) is 5.61. The lowest BCUT2D eigenvalue weighted by Crippen LogP contribution is -2.48. The van der Waals surface area contributed by atoms with Gasteiger partial charge in [0.25, 0.3) is 0 Å². The molecular formula is C23H24O4S. The largest absolute Gasteiger partial charge is 0.472 e. The zero-order valence-electron chi connectivity index (χ0n) is 16.5. The summed E-state index contributed by atoms with van der Waals surface area (Å²) in [5, 5.41) is 0. The van der Waals surface area contributed by atoms with Crippen LogP contribution in [0.15, 0.2) is 71.6 Å². The van der Waals surface area contributed by atoms with E-state index in [2.05, 4.69) is 0 Å². The number of sulfone groups is 1. The van der Waals surface area contributed by atoms with Crippen LogP contribution in [0.5, 0.6) is 0 Å². The van der Waals surface area contributed by atoms with E-state index in [1.165, 1.54) is 0 Å². The summed E-state index contributed by atoms with van der Waals surface area (Å²) >= 11 is 0. The molecule has 28 heavy (non-hydrogen) atoms. The predicted molar refractivity (Wildman–Crippen MR) is 112 cm³/mol. The highest BCUT2D eigenvalue weighted by Gasteiger charge is 2.57. The Kier molecular flexibility index (Phi) is 5.06. The molecule has 0 amide bonds. The van der Waals surface area contributed by atoms with Gasteiger partial charge in [0.2, 0.25) is 5.78 Å². The van der Waals surface area contributed by atoms with Crippen molar-refractivity contribution in [3.05, 3.63) is 82.8 Å². The van der Waals surface area contributed by atoms with E-state index in [1.807, 2.05) is 57.2 Å². The Morgan fingerprint density at radius 2 is 1.46 bits per heavy atom. The van der Waals surface area contributed by atoms with Crippen LogP contribution in [-0.4, -0.2) is 26.1 Å². The second-order valence-corrected chi connectivity index (χ2v) is 9.91. The van der Waals surface area contributed by atoms with Crippen molar-refractivity contribution < 1.29 is 17.9 Å². The van der Waals surface area contributed by atoms with Crippen LogP contribution in [0.3, 0.4) is 0 Å². The average molecular weight is 397 g/mol. The fourth-order valence-electron chi connectivity index (χ4n) is 3.27. The average Bonchev–Trinajstić information content (AvgIpc) is 2.95. The van der Waals surface area contributed by atoms with E-state index in [4.69, 9.17) is 4.74 Å². The van der Waals surface area contributed by atoms with Crippen LogP contribution in [0.2, 0.25) is 0 Å². The van der Waals surface area contributed by atoms with Crippen molar-refractivity contribution in [2.45, 2.75) is 26.4 Å². The Bertz CT molecular complexity index is 1040. The van der Waals surface area contributed by atoms with Gasteiger partial charge in [0.15, 0.2) is 26.1 Å². The summed E-state index contributed by atoms with van der Waals surface area (Å²) in [6.07, 6.45) is 4.54. The molecule has 0 aromatic heterocycles. The number of hydrogen-bond donors (Lipinski definition) is 0. The molecule has 3 rings (SSSR count). The minimum atomic E-state index is -3.79. The van der Waals surface area contributed by atoms with Gasteiger partial charge < -0.3 is 4.74 Å². The van der Waals surface area contributed by atoms with Crippen molar-refractivity contribution in [3.8, 4) is 0 Å². The summed E-state index contributed by atoms with van der Waals surface area (Å²) in [7, 11) is -3.79. The molecule has 0 N–H and O–H groups in total. The lowest BCUT2D eigenvalue weighted by Gasteiger charge is -2.37. The highest BCUT2D eigenvalue weighted by atomic mass is 32.2. The van der Waals surface area contributed by atoms with E-state index < -0.39 is 26.6 Å². The van der Waals surface area contributed by atoms with E-state index in [0.29, 0.717) is 5.56 Å². The van der Waals surface area contributed by atoms with Gasteiger partial charge in [-0.2, -0.15) is 0 Å². The number of carbonyl (C=O) groups is 1. The van der Waals surface area contributed by atoms with Crippen molar-refractivity contribution in [2.24, 2.45) is 5.41 Å². The number of ether oxygens (including phenoxy) is 1. The normalized spacial score (nSPS) is 20.6. The van der Waals surface area contributed by atoms with Gasteiger partial charge in [-0.1, -0.05) is 87.5 Å². The highest BCUT2D eigenvalue weighted by Crippen LogP contribution is 2.48. The molecule has 0 spiro atoms. The molecule has 0 bridgehead atoms. The van der Waals surface area contributed by atoms with Crippen LogP contribution < -0.4 is 0 Å². The van der Waals surface area contributed by atoms with Gasteiger partial charge in [0, 0.05) is 17.2 Å². The van der Waals surface area contributed by atoms with Gasteiger partial charge in [-0.25, -0.2) is 8.42 Å². The lowest BCUT2D eigenvalue weighted by atomic mass is 9.73. The van der Waals surface area contributed by atoms with Crippen LogP contribution in [0.1, 0.15) is 31.9 Å². The smallest absolute Gasteiger partial charge is 0.226 e. The molecule has 1 atom stereocenters. The maximum absolute atomic E-state index is 13.5. The van der Waals surface area contributed by atoms with Crippen molar-refractivity contribution in [1.29, 1.82) is 0 Å². The summed E-state index contributed by atoms with van der Waals surface area (Å²) < 4.78 is 31.3. The summed E-state index contributed by atoms with van der Waals surface area (Å²) in [6, 6.07) is 18.4. The molecular weight excluding hydrogens is 372 g/mol. The van der Waals surface area contributed by atoms with Crippen LogP contribution in [-0.2, 0) is 19.4 Å². The number of ketones is 1. The fourth-order valence-corrected chi connectivity index (χ4v) is 4.26. The standard InChI is InChI=1S/C23H24O4S/c1-22(2,3)23(16-15-17-11-7-5-8-12-17)21(24)20(28(4,25)26)19(27-23)18-13-9-6-10-14-18/h5-16H,1-4H3/b16-15+. The second-order valence-electron chi connectivity index (χ2n) is 7.96. The first-order valence-electron chi connectivity index (χ1n) is 9.04. The molecule has 0 radical (unpaired) electrons. The van der Waals surface area contributed by atoms with Crippen LogP contribution >= 0.6 is 0 Å². The molecule has 0 saturated heterocycles. The van der Waals surface area contributed by atoms with E-state index in [-0.39, 0.29) is 10.7 Å². The highest BCUT2D eigenvalue weighted by molar-refractivity contribution is 7.95. The third-order valence-electron chi connectivity index (χ3n) is 4.84. The van der Waals surface area contributed by atoms with Crippen LogP contribution in [0, 0.1) is 5.41 Å². The molecule has 0 saturated carbocycles. The monoisotopic (exact) mass is 396 g/mol.